The highest BCUT2D eigenvalue weighted by molar-refractivity contribution is 6.02. The second-order valence-electron chi connectivity index (χ2n) is 6.01. The fourth-order valence-corrected chi connectivity index (χ4v) is 3.03. The average molecular weight is 355 g/mol. The van der Waals surface area contributed by atoms with Gasteiger partial charge in [0.2, 0.25) is 5.91 Å². The summed E-state index contributed by atoms with van der Waals surface area (Å²) in [5.41, 5.74) is 1.52. The number of hydrogen-bond donors (Lipinski definition) is 2. The van der Waals surface area contributed by atoms with Crippen LogP contribution in [0.4, 0.5) is 10.1 Å². The molecule has 0 radical (unpaired) electrons. The molecule has 0 saturated carbocycles. The summed E-state index contributed by atoms with van der Waals surface area (Å²) in [5.74, 6) is -2.31. The fraction of sp³-hybridized carbons (Fsp3) is 0.200. The molecule has 2 N–H and O–H groups in total. The monoisotopic (exact) mass is 355 g/mol. The highest BCUT2D eigenvalue weighted by Gasteiger charge is 2.31. The van der Waals surface area contributed by atoms with E-state index in [1.54, 1.807) is 25.3 Å². The minimum atomic E-state index is -1.11. The molecule has 0 heterocycles. The van der Waals surface area contributed by atoms with E-state index in [1.807, 2.05) is 12.1 Å². The number of allylic oxidation sites excluding steroid dienone is 1. The summed E-state index contributed by atoms with van der Waals surface area (Å²) >= 11 is 0. The molecular weight excluding hydrogens is 337 g/mol. The second-order valence-corrected chi connectivity index (χ2v) is 6.01. The second kappa shape index (κ2) is 7.39. The average Bonchev–Trinajstić information content (AvgIpc) is 3.13. The van der Waals surface area contributed by atoms with Gasteiger partial charge in [0.15, 0.2) is 0 Å². The zero-order valence-corrected chi connectivity index (χ0v) is 14.2. The van der Waals surface area contributed by atoms with Gasteiger partial charge in [0, 0.05) is 5.57 Å². The molecule has 1 atom stereocenters. The highest BCUT2D eigenvalue weighted by Crippen LogP contribution is 2.30. The minimum absolute atomic E-state index is 0.0262. The Hall–Kier alpha value is -3.15. The lowest BCUT2D eigenvalue weighted by atomic mass is 10.00. The topological polar surface area (TPSA) is 75.6 Å². The SMILES string of the molecule is COc1cccc(-c2ccc(NC(=O)C3CCC=C3C(=O)O)c(F)c2)c1. The molecule has 0 saturated heterocycles. The van der Waals surface area contributed by atoms with Gasteiger partial charge < -0.3 is 15.2 Å². The Balaban J connectivity index is 1.79. The molecule has 0 spiro atoms. The van der Waals surface area contributed by atoms with E-state index >= 15 is 0 Å². The minimum Gasteiger partial charge on any atom is -0.497 e. The number of carbonyl (C=O) groups is 2. The fourth-order valence-electron chi connectivity index (χ4n) is 3.03. The van der Waals surface area contributed by atoms with Crippen molar-refractivity contribution < 1.29 is 23.8 Å². The van der Waals surface area contributed by atoms with Crippen LogP contribution in [-0.4, -0.2) is 24.1 Å². The maximum absolute atomic E-state index is 14.4. The Bertz CT molecular complexity index is 891. The van der Waals surface area contributed by atoms with Crippen LogP contribution in [0.1, 0.15) is 12.8 Å². The molecule has 134 valence electrons. The summed E-state index contributed by atoms with van der Waals surface area (Å²) in [5, 5.41) is 11.6. The van der Waals surface area contributed by atoms with Crippen molar-refractivity contribution >= 4 is 17.6 Å². The third-order valence-corrected chi connectivity index (χ3v) is 4.39. The first-order valence-corrected chi connectivity index (χ1v) is 8.18. The van der Waals surface area contributed by atoms with Crippen LogP contribution in [-0.2, 0) is 9.59 Å². The Kier molecular flexibility index (Phi) is 5.02. The zero-order valence-electron chi connectivity index (χ0n) is 14.2. The maximum atomic E-state index is 14.4. The molecular formula is C20H18FNO4. The molecule has 0 fully saturated rings. The van der Waals surface area contributed by atoms with Crippen molar-refractivity contribution in [2.45, 2.75) is 12.8 Å². The number of anilines is 1. The molecule has 1 unspecified atom stereocenters. The van der Waals surface area contributed by atoms with Crippen molar-refractivity contribution in [2.24, 2.45) is 5.92 Å². The molecule has 0 aromatic heterocycles. The zero-order chi connectivity index (χ0) is 18.7. The predicted molar refractivity (Wildman–Crippen MR) is 95.5 cm³/mol. The number of carboxylic acid groups (broad SMARTS) is 1. The first-order valence-electron chi connectivity index (χ1n) is 8.18. The Morgan fingerprint density at radius 3 is 2.65 bits per heavy atom. The van der Waals surface area contributed by atoms with Crippen molar-refractivity contribution in [1.82, 2.24) is 0 Å². The first-order chi connectivity index (χ1) is 12.5. The molecule has 0 bridgehead atoms. The van der Waals surface area contributed by atoms with E-state index in [0.29, 0.717) is 24.2 Å². The van der Waals surface area contributed by atoms with Gasteiger partial charge in [-0.05, 0) is 48.2 Å². The predicted octanol–water partition coefficient (Wildman–Crippen LogP) is 3.86. The van der Waals surface area contributed by atoms with Gasteiger partial charge in [-0.1, -0.05) is 24.3 Å². The molecule has 0 aliphatic heterocycles. The van der Waals surface area contributed by atoms with Crippen molar-refractivity contribution in [3.8, 4) is 16.9 Å². The third kappa shape index (κ3) is 3.59. The number of ether oxygens (including phenoxy) is 1. The number of methoxy groups -OCH3 is 1. The van der Waals surface area contributed by atoms with Crippen molar-refractivity contribution in [1.29, 1.82) is 0 Å². The normalized spacial score (nSPS) is 16.1. The van der Waals surface area contributed by atoms with E-state index in [-0.39, 0.29) is 11.3 Å². The molecule has 3 rings (SSSR count). The van der Waals surface area contributed by atoms with E-state index in [9.17, 15) is 14.0 Å². The van der Waals surface area contributed by atoms with E-state index in [4.69, 9.17) is 9.84 Å². The Morgan fingerprint density at radius 1 is 1.19 bits per heavy atom. The number of carboxylic acids is 1. The van der Waals surface area contributed by atoms with Crippen LogP contribution in [0.2, 0.25) is 0 Å². The van der Waals surface area contributed by atoms with Crippen LogP contribution in [0.5, 0.6) is 5.75 Å². The van der Waals surface area contributed by atoms with Gasteiger partial charge in [0.25, 0.3) is 0 Å². The number of amides is 1. The molecule has 26 heavy (non-hydrogen) atoms. The van der Waals surface area contributed by atoms with E-state index in [0.717, 1.165) is 5.56 Å². The van der Waals surface area contributed by atoms with Crippen LogP contribution in [0, 0.1) is 11.7 Å². The van der Waals surface area contributed by atoms with Gasteiger partial charge in [0.05, 0.1) is 18.7 Å². The summed E-state index contributed by atoms with van der Waals surface area (Å²) < 4.78 is 19.6. The van der Waals surface area contributed by atoms with E-state index in [1.165, 1.54) is 18.2 Å². The number of carbonyl (C=O) groups excluding carboxylic acids is 1. The molecule has 2 aromatic rings. The molecule has 1 aliphatic rings. The first kappa shape index (κ1) is 17.7. The van der Waals surface area contributed by atoms with E-state index < -0.39 is 23.6 Å². The number of nitrogens with one attached hydrogen (secondary N) is 1. The van der Waals surface area contributed by atoms with Gasteiger partial charge in [-0.2, -0.15) is 0 Å². The van der Waals surface area contributed by atoms with Gasteiger partial charge in [-0.15, -0.1) is 0 Å². The molecule has 1 amide bonds. The van der Waals surface area contributed by atoms with E-state index in [2.05, 4.69) is 5.32 Å². The van der Waals surface area contributed by atoms with Crippen LogP contribution in [0.3, 0.4) is 0 Å². The summed E-state index contributed by atoms with van der Waals surface area (Å²) in [7, 11) is 1.56. The number of rotatable bonds is 5. The van der Waals surface area contributed by atoms with Gasteiger partial charge >= 0.3 is 5.97 Å². The molecule has 6 heteroatoms. The summed E-state index contributed by atoms with van der Waals surface area (Å²) in [4.78, 5) is 23.5. The lowest BCUT2D eigenvalue weighted by molar-refractivity contribution is -0.134. The smallest absolute Gasteiger partial charge is 0.332 e. The van der Waals surface area contributed by atoms with Gasteiger partial charge in [0.1, 0.15) is 11.6 Å². The van der Waals surface area contributed by atoms with Crippen molar-refractivity contribution in [3.05, 3.63) is 59.9 Å². The van der Waals surface area contributed by atoms with Crippen LogP contribution in [0.25, 0.3) is 11.1 Å². The van der Waals surface area contributed by atoms with Gasteiger partial charge in [-0.3, -0.25) is 4.79 Å². The Morgan fingerprint density at radius 2 is 1.96 bits per heavy atom. The molecule has 5 nitrogen and oxygen atoms in total. The summed E-state index contributed by atoms with van der Waals surface area (Å²) in [6, 6.07) is 11.7. The van der Waals surface area contributed by atoms with Crippen LogP contribution < -0.4 is 10.1 Å². The largest absolute Gasteiger partial charge is 0.497 e. The Labute approximate surface area is 150 Å². The number of hydrogen-bond acceptors (Lipinski definition) is 3. The number of halogens is 1. The molecule has 1 aliphatic carbocycles. The maximum Gasteiger partial charge on any atom is 0.332 e. The molecule has 2 aromatic carbocycles. The quantitative estimate of drug-likeness (QED) is 0.854. The van der Waals surface area contributed by atoms with Crippen molar-refractivity contribution in [2.75, 3.05) is 12.4 Å². The van der Waals surface area contributed by atoms with Crippen LogP contribution >= 0.6 is 0 Å². The third-order valence-electron chi connectivity index (χ3n) is 4.39. The van der Waals surface area contributed by atoms with Crippen LogP contribution in [0.15, 0.2) is 54.1 Å². The number of aliphatic carboxylic acids is 1. The standard InChI is InChI=1S/C20H18FNO4/c1-26-14-5-2-4-12(10-14)13-8-9-18(17(21)11-13)22-19(23)15-6-3-7-16(15)20(24)25/h2,4-5,7-11,15H,3,6H2,1H3,(H,22,23)(H,24,25). The summed E-state index contributed by atoms with van der Waals surface area (Å²) in [6.45, 7) is 0. The van der Waals surface area contributed by atoms with Gasteiger partial charge in [-0.25, -0.2) is 9.18 Å². The lowest BCUT2D eigenvalue weighted by Crippen LogP contribution is -2.25. The lowest BCUT2D eigenvalue weighted by Gasteiger charge is -2.14. The number of benzene rings is 2. The van der Waals surface area contributed by atoms with Crippen molar-refractivity contribution in [3.63, 3.8) is 0 Å². The summed E-state index contributed by atoms with van der Waals surface area (Å²) in [6.07, 6.45) is 2.47. The highest BCUT2D eigenvalue weighted by atomic mass is 19.1.